The minimum atomic E-state index is -4.41. The predicted molar refractivity (Wildman–Crippen MR) is 116 cm³/mol. The Balaban J connectivity index is 2.09. The van der Waals surface area contributed by atoms with E-state index in [4.69, 9.17) is 0 Å². The monoisotopic (exact) mass is 437 g/mol. The number of rotatable bonds is 11. The highest BCUT2D eigenvalue weighted by atomic mass is 19.4. The van der Waals surface area contributed by atoms with Crippen molar-refractivity contribution in [1.29, 1.82) is 0 Å². The SMILES string of the molecule is C=C/C(=C\N=C)C(CC(=O)NCC(Cc1ccc(O)cc1)N(C)C)C1(C(F)(F)F)CC1. The lowest BCUT2D eigenvalue weighted by Gasteiger charge is -2.30. The van der Waals surface area contributed by atoms with Gasteiger partial charge in [-0.3, -0.25) is 9.79 Å². The normalized spacial score (nSPS) is 17.7. The molecule has 0 radical (unpaired) electrons. The minimum absolute atomic E-state index is 0.0159. The number of nitrogens with zero attached hydrogens (tertiary/aromatic N) is 2. The third-order valence-electron chi connectivity index (χ3n) is 5.96. The van der Waals surface area contributed by atoms with Crippen LogP contribution in [0.25, 0.3) is 0 Å². The zero-order valence-electron chi connectivity index (χ0n) is 18.0. The summed E-state index contributed by atoms with van der Waals surface area (Å²) in [7, 11) is 3.74. The molecule has 5 nitrogen and oxygen atoms in total. The molecule has 1 amide bonds. The molecule has 0 aromatic heterocycles. The Labute approximate surface area is 181 Å². The van der Waals surface area contributed by atoms with Crippen molar-refractivity contribution in [3.63, 3.8) is 0 Å². The average Bonchev–Trinajstić information content (AvgIpc) is 3.51. The number of phenolic OH excluding ortho intramolecular Hbond substituents is 1. The molecule has 2 atom stereocenters. The van der Waals surface area contributed by atoms with Gasteiger partial charge in [-0.2, -0.15) is 13.2 Å². The van der Waals surface area contributed by atoms with Crippen LogP contribution in [0.2, 0.25) is 0 Å². The lowest BCUT2D eigenvalue weighted by Crippen LogP contribution is -2.43. The van der Waals surface area contributed by atoms with Crippen LogP contribution in [0, 0.1) is 11.3 Å². The van der Waals surface area contributed by atoms with Crippen molar-refractivity contribution in [2.45, 2.75) is 37.9 Å². The quantitative estimate of drug-likeness (QED) is 0.405. The van der Waals surface area contributed by atoms with Gasteiger partial charge >= 0.3 is 6.18 Å². The molecule has 0 aliphatic heterocycles. The second kappa shape index (κ2) is 10.1. The van der Waals surface area contributed by atoms with Crippen molar-refractivity contribution < 1.29 is 23.1 Å². The van der Waals surface area contributed by atoms with E-state index >= 15 is 0 Å². The number of benzene rings is 1. The molecule has 1 aliphatic carbocycles. The number of hydrogen-bond donors (Lipinski definition) is 2. The highest BCUT2D eigenvalue weighted by Crippen LogP contribution is 2.64. The Morgan fingerprint density at radius 1 is 1.32 bits per heavy atom. The van der Waals surface area contributed by atoms with Gasteiger partial charge in [-0.15, -0.1) is 0 Å². The molecule has 1 aromatic carbocycles. The molecule has 2 rings (SSSR count). The molecule has 0 heterocycles. The van der Waals surface area contributed by atoms with E-state index in [2.05, 4.69) is 23.6 Å². The van der Waals surface area contributed by atoms with Crippen LogP contribution in [0.3, 0.4) is 0 Å². The molecule has 1 saturated carbocycles. The van der Waals surface area contributed by atoms with Gasteiger partial charge < -0.3 is 15.3 Å². The van der Waals surface area contributed by atoms with Crippen LogP contribution in [0.1, 0.15) is 24.8 Å². The van der Waals surface area contributed by atoms with E-state index in [0.717, 1.165) is 5.56 Å². The third kappa shape index (κ3) is 6.19. The Morgan fingerprint density at radius 3 is 2.39 bits per heavy atom. The number of phenols is 1. The fourth-order valence-corrected chi connectivity index (χ4v) is 3.82. The van der Waals surface area contributed by atoms with E-state index < -0.39 is 23.4 Å². The minimum Gasteiger partial charge on any atom is -0.508 e. The summed E-state index contributed by atoms with van der Waals surface area (Å²) in [6.07, 6.45) is -1.55. The number of halogens is 3. The maximum absolute atomic E-state index is 13.8. The Kier molecular flexibility index (Phi) is 8.06. The first-order valence-electron chi connectivity index (χ1n) is 10.1. The molecule has 0 saturated heterocycles. The van der Waals surface area contributed by atoms with Crippen molar-refractivity contribution in [2.24, 2.45) is 16.3 Å². The fourth-order valence-electron chi connectivity index (χ4n) is 3.82. The van der Waals surface area contributed by atoms with Crippen molar-refractivity contribution >= 4 is 12.6 Å². The van der Waals surface area contributed by atoms with Gasteiger partial charge in [-0.05, 0) is 63.3 Å². The van der Waals surface area contributed by atoms with Gasteiger partial charge in [0.2, 0.25) is 5.91 Å². The van der Waals surface area contributed by atoms with Gasteiger partial charge in [0.25, 0.3) is 0 Å². The Morgan fingerprint density at radius 2 is 1.94 bits per heavy atom. The van der Waals surface area contributed by atoms with E-state index in [1.54, 1.807) is 24.3 Å². The predicted octanol–water partition coefficient (Wildman–Crippen LogP) is 4.10. The van der Waals surface area contributed by atoms with Gasteiger partial charge in [0.1, 0.15) is 5.75 Å². The fraction of sp³-hybridized carbons (Fsp3) is 0.478. The van der Waals surface area contributed by atoms with Gasteiger partial charge in [0.05, 0.1) is 5.41 Å². The first-order valence-corrected chi connectivity index (χ1v) is 10.1. The molecule has 0 spiro atoms. The molecule has 1 fully saturated rings. The summed E-state index contributed by atoms with van der Waals surface area (Å²) in [5.74, 6) is -1.33. The van der Waals surface area contributed by atoms with Crippen LogP contribution >= 0.6 is 0 Å². The van der Waals surface area contributed by atoms with E-state index in [-0.39, 0.29) is 43.2 Å². The Bertz CT molecular complexity index is 812. The number of nitrogens with one attached hydrogen (secondary N) is 1. The summed E-state index contributed by atoms with van der Waals surface area (Å²) < 4.78 is 41.3. The van der Waals surface area contributed by atoms with E-state index in [1.807, 2.05) is 19.0 Å². The first-order chi connectivity index (χ1) is 14.5. The number of aliphatic imine (C=N–C) groups is 1. The molecule has 2 unspecified atom stereocenters. The van der Waals surface area contributed by atoms with E-state index in [0.29, 0.717) is 6.42 Å². The topological polar surface area (TPSA) is 64.9 Å². The van der Waals surface area contributed by atoms with Gasteiger partial charge in [0, 0.05) is 31.1 Å². The highest BCUT2D eigenvalue weighted by Gasteiger charge is 2.67. The van der Waals surface area contributed by atoms with Crippen LogP contribution < -0.4 is 5.32 Å². The summed E-state index contributed by atoms with van der Waals surface area (Å²) in [6, 6.07) is 6.72. The first kappa shape index (κ1) is 24.7. The van der Waals surface area contributed by atoms with E-state index in [9.17, 15) is 23.1 Å². The molecule has 8 heteroatoms. The number of carbonyl (C=O) groups is 1. The van der Waals surface area contributed by atoms with Crippen LogP contribution in [0.15, 0.2) is 53.7 Å². The molecule has 0 bridgehead atoms. The van der Waals surface area contributed by atoms with Gasteiger partial charge in [0.15, 0.2) is 0 Å². The number of likely N-dealkylation sites (N-methyl/N-ethyl adjacent to an activating group) is 1. The van der Waals surface area contributed by atoms with Crippen LogP contribution in [0.5, 0.6) is 5.75 Å². The number of hydrogen-bond acceptors (Lipinski definition) is 4. The largest absolute Gasteiger partial charge is 0.508 e. The molecule has 170 valence electrons. The Hall–Kier alpha value is -2.61. The summed E-state index contributed by atoms with van der Waals surface area (Å²) in [5, 5.41) is 12.2. The van der Waals surface area contributed by atoms with Crippen LogP contribution in [-0.2, 0) is 11.2 Å². The lowest BCUT2D eigenvalue weighted by molar-refractivity contribution is -0.199. The standard InChI is InChI=1S/C23H30F3N3O2/c1-5-17(14-27-2)20(22(10-11-22)23(24,25)26)13-21(31)28-15-18(29(3)4)12-16-6-8-19(30)9-7-16/h5-9,14,18,20,30H,1-2,10-13,15H2,3-4H3,(H,28,31)/b17-14+. The number of carbonyl (C=O) groups excluding carboxylic acids is 1. The molecule has 1 aromatic rings. The molecule has 31 heavy (non-hydrogen) atoms. The third-order valence-corrected chi connectivity index (χ3v) is 5.96. The lowest BCUT2D eigenvalue weighted by atomic mass is 9.79. The zero-order valence-corrected chi connectivity index (χ0v) is 18.0. The second-order valence-electron chi connectivity index (χ2n) is 8.22. The number of alkyl halides is 3. The summed E-state index contributed by atoms with van der Waals surface area (Å²) >= 11 is 0. The van der Waals surface area contributed by atoms with Crippen molar-refractivity contribution in [3.05, 3.63) is 54.3 Å². The zero-order chi connectivity index (χ0) is 23.2. The van der Waals surface area contributed by atoms with Crippen molar-refractivity contribution in [1.82, 2.24) is 10.2 Å². The number of amides is 1. The highest BCUT2D eigenvalue weighted by molar-refractivity contribution is 5.77. The summed E-state index contributed by atoms with van der Waals surface area (Å²) in [4.78, 5) is 18.2. The summed E-state index contributed by atoms with van der Waals surface area (Å²) in [5.41, 5.74) is -0.665. The number of aromatic hydroxyl groups is 1. The van der Waals surface area contributed by atoms with Crippen molar-refractivity contribution in [3.8, 4) is 5.75 Å². The average molecular weight is 438 g/mol. The second-order valence-corrected chi connectivity index (χ2v) is 8.22. The maximum Gasteiger partial charge on any atom is 0.395 e. The van der Waals surface area contributed by atoms with Gasteiger partial charge in [-0.1, -0.05) is 24.8 Å². The molecular formula is C23H30F3N3O2. The number of allylic oxidation sites excluding steroid dienone is 2. The molecular weight excluding hydrogens is 407 g/mol. The smallest absolute Gasteiger partial charge is 0.395 e. The van der Waals surface area contributed by atoms with Crippen LogP contribution in [-0.4, -0.2) is 55.5 Å². The maximum atomic E-state index is 13.8. The summed E-state index contributed by atoms with van der Waals surface area (Å²) in [6.45, 7) is 7.21. The van der Waals surface area contributed by atoms with Gasteiger partial charge in [-0.25, -0.2) is 0 Å². The van der Waals surface area contributed by atoms with E-state index in [1.165, 1.54) is 12.3 Å². The molecule has 1 aliphatic rings. The van der Waals surface area contributed by atoms with Crippen molar-refractivity contribution in [2.75, 3.05) is 20.6 Å². The van der Waals surface area contributed by atoms with Crippen LogP contribution in [0.4, 0.5) is 13.2 Å². The molecule has 2 N–H and O–H groups in total.